The number of aromatic nitrogens is 2. The molecule has 0 fully saturated rings. The molecule has 1 N–H and O–H groups in total. The van der Waals surface area contributed by atoms with Gasteiger partial charge in [-0.05, 0) is 19.0 Å². The Balaban J connectivity index is 2.24. The summed E-state index contributed by atoms with van der Waals surface area (Å²) < 4.78 is 0. The summed E-state index contributed by atoms with van der Waals surface area (Å²) in [4.78, 5) is 8.36. The minimum atomic E-state index is 0.422. The molecule has 2 aromatic rings. The Kier molecular flexibility index (Phi) is 3.83. The topological polar surface area (TPSA) is 37.8 Å². The molecule has 1 atom stereocenters. The molecule has 2 rings (SSSR count). The monoisotopic (exact) mass is 227 g/mol. The van der Waals surface area contributed by atoms with Gasteiger partial charge in [-0.3, -0.25) is 9.97 Å². The molecule has 0 aliphatic heterocycles. The van der Waals surface area contributed by atoms with Crippen LogP contribution in [0.25, 0.3) is 11.3 Å². The van der Waals surface area contributed by atoms with E-state index >= 15 is 0 Å². The van der Waals surface area contributed by atoms with Crippen molar-refractivity contribution >= 4 is 0 Å². The molecule has 0 radical (unpaired) electrons. The van der Waals surface area contributed by atoms with Crippen molar-refractivity contribution in [2.75, 3.05) is 7.05 Å². The summed E-state index contributed by atoms with van der Waals surface area (Å²) in [5.41, 5.74) is 3.33. The highest BCUT2D eigenvalue weighted by molar-refractivity contribution is 5.58. The van der Waals surface area contributed by atoms with Crippen LogP contribution in [0.4, 0.5) is 0 Å². The molecule has 1 aromatic heterocycles. The highest BCUT2D eigenvalue weighted by atomic mass is 14.9. The second-order valence-corrected chi connectivity index (χ2v) is 3.96. The number of benzene rings is 1. The average molecular weight is 227 g/mol. The van der Waals surface area contributed by atoms with Crippen molar-refractivity contribution < 1.29 is 0 Å². The Labute approximate surface area is 102 Å². The summed E-state index contributed by atoms with van der Waals surface area (Å²) in [7, 11) is 1.99. The van der Waals surface area contributed by atoms with Gasteiger partial charge in [0.25, 0.3) is 0 Å². The van der Waals surface area contributed by atoms with E-state index in [1.807, 2.05) is 7.05 Å². The molecular formula is C14H17N3. The van der Waals surface area contributed by atoms with Gasteiger partial charge in [-0.25, -0.2) is 0 Å². The fourth-order valence-electron chi connectivity index (χ4n) is 1.94. The predicted octanol–water partition coefficient (Wildman–Crippen LogP) is 2.81. The van der Waals surface area contributed by atoms with E-state index in [1.165, 1.54) is 5.56 Å². The van der Waals surface area contributed by atoms with Crippen LogP contribution in [0, 0.1) is 0 Å². The molecular weight excluding hydrogens is 210 g/mol. The summed E-state index contributed by atoms with van der Waals surface area (Å²) in [6.07, 6.45) is 6.27. The lowest BCUT2D eigenvalue weighted by atomic mass is 10.0. The first-order valence-corrected chi connectivity index (χ1v) is 5.88. The quantitative estimate of drug-likeness (QED) is 0.872. The van der Waals surface area contributed by atoms with Gasteiger partial charge < -0.3 is 5.32 Å². The largest absolute Gasteiger partial charge is 0.313 e. The zero-order valence-electron chi connectivity index (χ0n) is 10.2. The number of hydrogen-bond acceptors (Lipinski definition) is 3. The molecule has 0 saturated carbocycles. The van der Waals surface area contributed by atoms with Crippen LogP contribution in [0.3, 0.4) is 0 Å². The lowest BCUT2D eigenvalue weighted by molar-refractivity contribution is 0.577. The van der Waals surface area contributed by atoms with Crippen LogP contribution in [0.5, 0.6) is 0 Å². The molecule has 0 bridgehead atoms. The van der Waals surface area contributed by atoms with E-state index in [0.29, 0.717) is 6.04 Å². The average Bonchev–Trinajstić information content (AvgIpc) is 2.42. The maximum Gasteiger partial charge on any atom is 0.0885 e. The molecule has 0 aliphatic rings. The van der Waals surface area contributed by atoms with Crippen molar-refractivity contribution in [2.24, 2.45) is 0 Å². The summed E-state index contributed by atoms with van der Waals surface area (Å²) in [5.74, 6) is 0. The van der Waals surface area contributed by atoms with Crippen molar-refractivity contribution in [1.82, 2.24) is 15.3 Å². The first-order chi connectivity index (χ1) is 8.35. The number of nitrogens with one attached hydrogen (secondary N) is 1. The predicted molar refractivity (Wildman–Crippen MR) is 69.6 cm³/mol. The molecule has 0 amide bonds. The SMILES string of the molecule is CCC(NC)c1ccc(-c2cnccn2)cc1. The second-order valence-electron chi connectivity index (χ2n) is 3.96. The van der Waals surface area contributed by atoms with Crippen molar-refractivity contribution in [3.63, 3.8) is 0 Å². The fourth-order valence-corrected chi connectivity index (χ4v) is 1.94. The lowest BCUT2D eigenvalue weighted by Gasteiger charge is -2.14. The first-order valence-electron chi connectivity index (χ1n) is 5.88. The molecule has 3 heteroatoms. The highest BCUT2D eigenvalue weighted by Crippen LogP contribution is 2.21. The second kappa shape index (κ2) is 5.55. The standard InChI is InChI=1S/C14H17N3/c1-3-13(15-2)11-4-6-12(7-5-11)14-10-16-8-9-17-14/h4-10,13,15H,3H2,1-2H3. The Morgan fingerprint density at radius 2 is 1.94 bits per heavy atom. The van der Waals surface area contributed by atoms with Crippen molar-refractivity contribution in [2.45, 2.75) is 19.4 Å². The molecule has 1 aromatic carbocycles. The molecule has 1 unspecified atom stereocenters. The van der Waals surface area contributed by atoms with Gasteiger partial charge in [-0.15, -0.1) is 0 Å². The van der Waals surface area contributed by atoms with Gasteiger partial charge in [0.1, 0.15) is 0 Å². The molecule has 88 valence electrons. The van der Waals surface area contributed by atoms with Crippen molar-refractivity contribution in [3.05, 3.63) is 48.4 Å². The third kappa shape index (κ3) is 2.68. The van der Waals surface area contributed by atoms with Crippen LogP contribution < -0.4 is 5.32 Å². The Bertz CT molecular complexity index is 447. The summed E-state index contributed by atoms with van der Waals surface area (Å²) >= 11 is 0. The molecule has 3 nitrogen and oxygen atoms in total. The van der Waals surface area contributed by atoms with Gasteiger partial charge in [0.15, 0.2) is 0 Å². The Morgan fingerprint density at radius 3 is 2.47 bits per heavy atom. The van der Waals surface area contributed by atoms with Crippen LogP contribution in [-0.4, -0.2) is 17.0 Å². The maximum absolute atomic E-state index is 4.29. The van der Waals surface area contributed by atoms with E-state index < -0.39 is 0 Å². The fraction of sp³-hybridized carbons (Fsp3) is 0.286. The highest BCUT2D eigenvalue weighted by Gasteiger charge is 2.06. The Hall–Kier alpha value is -1.74. The van der Waals surface area contributed by atoms with E-state index in [9.17, 15) is 0 Å². The van der Waals surface area contributed by atoms with Crippen LogP contribution >= 0.6 is 0 Å². The van der Waals surface area contributed by atoms with Gasteiger partial charge in [-0.2, -0.15) is 0 Å². The van der Waals surface area contributed by atoms with E-state index in [2.05, 4.69) is 46.5 Å². The van der Waals surface area contributed by atoms with Crippen molar-refractivity contribution in [1.29, 1.82) is 0 Å². The van der Waals surface area contributed by atoms with Crippen molar-refractivity contribution in [3.8, 4) is 11.3 Å². The third-order valence-electron chi connectivity index (χ3n) is 2.93. The first kappa shape index (κ1) is 11.7. The van der Waals surface area contributed by atoms with Gasteiger partial charge in [0.2, 0.25) is 0 Å². The van der Waals surface area contributed by atoms with Crippen LogP contribution in [0.15, 0.2) is 42.9 Å². The summed E-state index contributed by atoms with van der Waals surface area (Å²) in [6.45, 7) is 2.18. The van der Waals surface area contributed by atoms with Gasteiger partial charge in [0.05, 0.1) is 11.9 Å². The zero-order chi connectivity index (χ0) is 12.1. The van der Waals surface area contributed by atoms with E-state index in [-0.39, 0.29) is 0 Å². The molecule has 0 saturated heterocycles. The van der Waals surface area contributed by atoms with Gasteiger partial charge in [0, 0.05) is 24.0 Å². The third-order valence-corrected chi connectivity index (χ3v) is 2.93. The lowest BCUT2D eigenvalue weighted by Crippen LogP contribution is -2.14. The number of rotatable bonds is 4. The minimum Gasteiger partial charge on any atom is -0.313 e. The smallest absolute Gasteiger partial charge is 0.0885 e. The van der Waals surface area contributed by atoms with E-state index in [1.54, 1.807) is 18.6 Å². The van der Waals surface area contributed by atoms with Gasteiger partial charge in [-0.1, -0.05) is 31.2 Å². The van der Waals surface area contributed by atoms with Crippen LogP contribution in [-0.2, 0) is 0 Å². The normalized spacial score (nSPS) is 12.4. The Morgan fingerprint density at radius 1 is 1.18 bits per heavy atom. The number of hydrogen-bond donors (Lipinski definition) is 1. The number of nitrogens with zero attached hydrogens (tertiary/aromatic N) is 2. The molecule has 1 heterocycles. The zero-order valence-corrected chi connectivity index (χ0v) is 10.2. The molecule has 17 heavy (non-hydrogen) atoms. The van der Waals surface area contributed by atoms with E-state index in [4.69, 9.17) is 0 Å². The van der Waals surface area contributed by atoms with E-state index in [0.717, 1.165) is 17.7 Å². The molecule has 0 spiro atoms. The van der Waals surface area contributed by atoms with Crippen LogP contribution in [0.2, 0.25) is 0 Å². The maximum atomic E-state index is 4.29. The van der Waals surface area contributed by atoms with Crippen LogP contribution in [0.1, 0.15) is 24.9 Å². The molecule has 0 aliphatic carbocycles. The summed E-state index contributed by atoms with van der Waals surface area (Å²) in [5, 5.41) is 3.30. The summed E-state index contributed by atoms with van der Waals surface area (Å²) in [6, 6.07) is 8.91. The minimum absolute atomic E-state index is 0.422. The van der Waals surface area contributed by atoms with Gasteiger partial charge >= 0.3 is 0 Å².